The number of para-hydroxylation sites is 1. The van der Waals surface area contributed by atoms with E-state index in [1.165, 1.54) is 26.3 Å². The molecule has 0 unspecified atom stereocenters. The van der Waals surface area contributed by atoms with Crippen LogP contribution in [0.1, 0.15) is 27.2 Å². The predicted octanol–water partition coefficient (Wildman–Crippen LogP) is 1.25. The monoisotopic (exact) mass is 431 g/mol. The van der Waals surface area contributed by atoms with Crippen molar-refractivity contribution in [2.45, 2.75) is 43.7 Å². The van der Waals surface area contributed by atoms with E-state index < -0.39 is 40.0 Å². The number of hydrogen-bond donors (Lipinski definition) is 1. The molecule has 0 spiro atoms. The highest BCUT2D eigenvalue weighted by Crippen LogP contribution is 2.28. The van der Waals surface area contributed by atoms with E-state index in [-0.39, 0.29) is 9.36 Å². The molecule has 0 aliphatic rings. The molecule has 1 aromatic carbocycles. The van der Waals surface area contributed by atoms with E-state index in [1.54, 1.807) is 51.9 Å². The minimum absolute atomic E-state index is 0.120. The Kier molecular flexibility index (Phi) is 8.16. The van der Waals surface area contributed by atoms with E-state index in [9.17, 15) is 23.2 Å². The number of hydrogen-bond acceptors (Lipinski definition) is 8. The van der Waals surface area contributed by atoms with Gasteiger partial charge in [-0.05, 0) is 32.9 Å². The lowest BCUT2D eigenvalue weighted by Gasteiger charge is -2.29. The molecule has 0 saturated heterocycles. The molecule has 1 atom stereocenters. The Hall–Kier alpha value is -2.21. The molecule has 0 aliphatic heterocycles. The summed E-state index contributed by atoms with van der Waals surface area (Å²) in [5, 5.41) is 11.4. The second-order valence-corrected chi connectivity index (χ2v) is 9.23. The Bertz CT molecular complexity index is 834. The SMILES string of the molecule is CON(C)C(=O)C[C@@H](C(=O)OC(C)(C)C)N(O)S(=O)(=O)c1ccccc1N(C)C. The summed E-state index contributed by atoms with van der Waals surface area (Å²) in [5.41, 5.74) is -0.660. The Morgan fingerprint density at radius 1 is 1.14 bits per heavy atom. The van der Waals surface area contributed by atoms with E-state index >= 15 is 0 Å². The first kappa shape index (κ1) is 24.8. The van der Waals surface area contributed by atoms with Gasteiger partial charge in [0.1, 0.15) is 10.5 Å². The maximum absolute atomic E-state index is 13.1. The van der Waals surface area contributed by atoms with E-state index in [1.807, 2.05) is 0 Å². The summed E-state index contributed by atoms with van der Waals surface area (Å²) in [5.74, 6) is -1.79. The number of sulfonamides is 1. The van der Waals surface area contributed by atoms with Crippen molar-refractivity contribution in [2.24, 2.45) is 0 Å². The molecule has 164 valence electrons. The lowest BCUT2D eigenvalue weighted by atomic mass is 10.1. The van der Waals surface area contributed by atoms with Gasteiger partial charge >= 0.3 is 5.97 Å². The second kappa shape index (κ2) is 9.53. The van der Waals surface area contributed by atoms with Crippen LogP contribution < -0.4 is 4.90 Å². The Morgan fingerprint density at radius 2 is 1.69 bits per heavy atom. The number of amides is 1. The van der Waals surface area contributed by atoms with Crippen molar-refractivity contribution in [3.8, 4) is 0 Å². The standard InChI is InChI=1S/C18H29N3O7S/c1-18(2,3)28-17(23)14(12-16(22)20(6)27-7)21(24)29(25,26)15-11-9-8-10-13(15)19(4)5/h8-11,14,24H,12H2,1-7H3/t14-/m0/s1. The summed E-state index contributed by atoms with van der Waals surface area (Å²) in [6.07, 6.45) is -0.681. The van der Waals surface area contributed by atoms with E-state index in [2.05, 4.69) is 0 Å². The van der Waals surface area contributed by atoms with Crippen LogP contribution in [0.25, 0.3) is 0 Å². The van der Waals surface area contributed by atoms with E-state index in [0.29, 0.717) is 5.69 Å². The summed E-state index contributed by atoms with van der Waals surface area (Å²) >= 11 is 0. The average molecular weight is 432 g/mol. The topological polar surface area (TPSA) is 117 Å². The number of carbonyl (C=O) groups is 2. The first-order chi connectivity index (χ1) is 13.2. The van der Waals surface area contributed by atoms with Gasteiger partial charge in [0.2, 0.25) is 5.91 Å². The van der Waals surface area contributed by atoms with Crippen molar-refractivity contribution in [1.29, 1.82) is 0 Å². The fourth-order valence-electron chi connectivity index (χ4n) is 2.33. The van der Waals surface area contributed by atoms with Crippen LogP contribution in [0.5, 0.6) is 0 Å². The minimum Gasteiger partial charge on any atom is -0.459 e. The Balaban J connectivity index is 3.40. The minimum atomic E-state index is -4.56. The number of nitrogens with zero attached hydrogens (tertiary/aromatic N) is 3. The lowest BCUT2D eigenvalue weighted by molar-refractivity contribution is -0.180. The van der Waals surface area contributed by atoms with Crippen LogP contribution in [0, 0.1) is 0 Å². The van der Waals surface area contributed by atoms with Crippen molar-refractivity contribution >= 4 is 27.6 Å². The van der Waals surface area contributed by atoms with Crippen LogP contribution in [-0.4, -0.2) is 74.9 Å². The maximum Gasteiger partial charge on any atom is 0.328 e. The molecule has 0 radical (unpaired) electrons. The smallest absolute Gasteiger partial charge is 0.328 e. The van der Waals surface area contributed by atoms with Crippen molar-refractivity contribution in [2.75, 3.05) is 33.2 Å². The average Bonchev–Trinajstić information content (AvgIpc) is 2.62. The van der Waals surface area contributed by atoms with Crippen LogP contribution >= 0.6 is 0 Å². The molecule has 1 N–H and O–H groups in total. The van der Waals surface area contributed by atoms with Gasteiger partial charge in [0, 0.05) is 21.1 Å². The van der Waals surface area contributed by atoms with Gasteiger partial charge in [-0.15, -0.1) is 0 Å². The van der Waals surface area contributed by atoms with Gasteiger partial charge in [-0.3, -0.25) is 19.6 Å². The first-order valence-electron chi connectivity index (χ1n) is 8.75. The van der Waals surface area contributed by atoms with E-state index in [4.69, 9.17) is 9.57 Å². The molecule has 1 aromatic rings. The van der Waals surface area contributed by atoms with Crippen molar-refractivity contribution in [3.63, 3.8) is 0 Å². The fourth-order valence-corrected chi connectivity index (χ4v) is 3.79. The number of esters is 1. The number of rotatable bonds is 8. The molecule has 0 saturated carbocycles. The number of benzene rings is 1. The largest absolute Gasteiger partial charge is 0.459 e. The van der Waals surface area contributed by atoms with Gasteiger partial charge in [0.15, 0.2) is 6.04 Å². The fraction of sp³-hybridized carbons (Fsp3) is 0.556. The lowest BCUT2D eigenvalue weighted by Crippen LogP contribution is -2.48. The molecule has 0 aromatic heterocycles. The van der Waals surface area contributed by atoms with Crippen LogP contribution in [0.3, 0.4) is 0 Å². The third-order valence-electron chi connectivity index (χ3n) is 3.81. The molecule has 0 heterocycles. The Labute approximate surface area is 171 Å². The third-order valence-corrected chi connectivity index (χ3v) is 5.46. The van der Waals surface area contributed by atoms with Gasteiger partial charge < -0.3 is 9.64 Å². The summed E-state index contributed by atoms with van der Waals surface area (Å²) < 4.78 is 31.2. The van der Waals surface area contributed by atoms with Crippen molar-refractivity contribution < 1.29 is 32.8 Å². The van der Waals surface area contributed by atoms with Gasteiger partial charge in [0.25, 0.3) is 10.0 Å². The second-order valence-electron chi connectivity index (χ2n) is 7.47. The molecular weight excluding hydrogens is 402 g/mol. The molecule has 1 amide bonds. The summed E-state index contributed by atoms with van der Waals surface area (Å²) in [6, 6.07) is 4.16. The van der Waals surface area contributed by atoms with Crippen molar-refractivity contribution in [3.05, 3.63) is 24.3 Å². The normalized spacial score (nSPS) is 13.1. The summed E-state index contributed by atoms with van der Waals surface area (Å²) in [6.45, 7) is 4.76. The molecule has 0 bridgehead atoms. The zero-order valence-electron chi connectivity index (χ0n) is 17.7. The number of hydroxylamine groups is 3. The van der Waals surface area contributed by atoms with E-state index in [0.717, 1.165) is 5.06 Å². The highest BCUT2D eigenvalue weighted by Gasteiger charge is 2.40. The highest BCUT2D eigenvalue weighted by atomic mass is 32.2. The van der Waals surface area contributed by atoms with Gasteiger partial charge in [-0.25, -0.2) is 13.5 Å². The van der Waals surface area contributed by atoms with Crippen LogP contribution in [-0.2, 0) is 29.2 Å². The van der Waals surface area contributed by atoms with Crippen molar-refractivity contribution in [1.82, 2.24) is 9.53 Å². The zero-order valence-corrected chi connectivity index (χ0v) is 18.6. The van der Waals surface area contributed by atoms with Gasteiger partial charge in [-0.1, -0.05) is 16.6 Å². The van der Waals surface area contributed by atoms with Crippen LogP contribution in [0.15, 0.2) is 29.2 Å². The molecule has 1 rings (SSSR count). The molecular formula is C18H29N3O7S. The molecule has 0 fully saturated rings. The highest BCUT2D eigenvalue weighted by molar-refractivity contribution is 7.89. The number of carbonyl (C=O) groups excluding carboxylic acids is 2. The van der Waals surface area contributed by atoms with Gasteiger partial charge in [-0.2, -0.15) is 0 Å². The molecule has 0 aliphatic carbocycles. The quantitative estimate of drug-likeness (QED) is 0.483. The predicted molar refractivity (Wildman–Crippen MR) is 106 cm³/mol. The zero-order chi connectivity index (χ0) is 22.6. The molecule has 11 heteroatoms. The Morgan fingerprint density at radius 3 is 2.17 bits per heavy atom. The van der Waals surface area contributed by atoms with Gasteiger partial charge in [0.05, 0.1) is 19.2 Å². The van der Waals surface area contributed by atoms with Crippen LogP contribution in [0.4, 0.5) is 5.69 Å². The maximum atomic E-state index is 13.1. The number of ether oxygens (including phenoxy) is 1. The number of anilines is 1. The summed E-state index contributed by atoms with van der Waals surface area (Å²) in [7, 11) is 1.25. The first-order valence-corrected chi connectivity index (χ1v) is 10.2. The summed E-state index contributed by atoms with van der Waals surface area (Å²) in [4.78, 5) is 31.0. The molecule has 10 nitrogen and oxygen atoms in total. The van der Waals surface area contributed by atoms with Crippen LogP contribution in [0.2, 0.25) is 0 Å². The molecule has 29 heavy (non-hydrogen) atoms. The third kappa shape index (κ3) is 6.39.